The van der Waals surface area contributed by atoms with Crippen molar-refractivity contribution < 1.29 is 52.4 Å². The van der Waals surface area contributed by atoms with Gasteiger partial charge in [0.2, 0.25) is 18.1 Å². The summed E-state index contributed by atoms with van der Waals surface area (Å²) >= 11 is 0. The molecule has 1 N–H and O–H groups in total. The fourth-order valence-corrected chi connectivity index (χ4v) is 6.25. The molecule has 0 bridgehead atoms. The van der Waals surface area contributed by atoms with Crippen molar-refractivity contribution in [3.63, 3.8) is 0 Å². The molecule has 7 atom stereocenters. The monoisotopic (exact) mass is 623 g/mol. The molecular formula is C33H37NO11. The van der Waals surface area contributed by atoms with Crippen LogP contribution in [0, 0.1) is 0 Å². The maximum atomic E-state index is 13.7. The van der Waals surface area contributed by atoms with E-state index in [0.29, 0.717) is 24.0 Å². The molecule has 1 spiro atoms. The highest BCUT2D eigenvalue weighted by molar-refractivity contribution is 5.82. The maximum absolute atomic E-state index is 13.7. The van der Waals surface area contributed by atoms with Crippen molar-refractivity contribution >= 4 is 29.8 Å². The third-order valence-electron chi connectivity index (χ3n) is 8.07. The number of benzene rings is 2. The lowest BCUT2D eigenvalue weighted by Crippen LogP contribution is -2.53. The number of carbonyl (C=O) groups excluding carboxylic acids is 5. The normalized spacial score (nSPS) is 26.2. The minimum absolute atomic E-state index is 0.380. The minimum Gasteiger partial charge on any atom is -0.454 e. The molecule has 45 heavy (non-hydrogen) atoms. The summed E-state index contributed by atoms with van der Waals surface area (Å²) in [6.45, 7) is 3.63. The lowest BCUT2D eigenvalue weighted by Gasteiger charge is -2.36. The van der Waals surface area contributed by atoms with Gasteiger partial charge in [0.15, 0.2) is 18.0 Å². The van der Waals surface area contributed by atoms with Crippen LogP contribution in [0.25, 0.3) is 0 Å². The van der Waals surface area contributed by atoms with Crippen LogP contribution in [0.3, 0.4) is 0 Å². The molecule has 1 heterocycles. The number of esters is 4. The summed E-state index contributed by atoms with van der Waals surface area (Å²) in [4.78, 5) is 63.8. The summed E-state index contributed by atoms with van der Waals surface area (Å²) in [5.74, 6) is -4.69. The van der Waals surface area contributed by atoms with Crippen molar-refractivity contribution in [1.29, 1.82) is 0 Å². The van der Waals surface area contributed by atoms with Crippen LogP contribution in [-0.4, -0.2) is 66.0 Å². The van der Waals surface area contributed by atoms with E-state index in [2.05, 4.69) is 5.32 Å². The van der Waals surface area contributed by atoms with Gasteiger partial charge < -0.3 is 33.7 Å². The van der Waals surface area contributed by atoms with Gasteiger partial charge in [-0.15, -0.1) is 0 Å². The van der Waals surface area contributed by atoms with Gasteiger partial charge >= 0.3 is 23.9 Å². The first kappa shape index (κ1) is 32.1. The van der Waals surface area contributed by atoms with Crippen LogP contribution in [0.1, 0.15) is 76.2 Å². The lowest BCUT2D eigenvalue weighted by molar-refractivity contribution is -0.224. The minimum atomic E-state index is -1.40. The Bertz CT molecular complexity index is 1300. The lowest BCUT2D eigenvalue weighted by atomic mass is 9.94. The summed E-state index contributed by atoms with van der Waals surface area (Å²) in [6, 6.07) is 15.6. The van der Waals surface area contributed by atoms with Gasteiger partial charge in [0.1, 0.15) is 18.2 Å². The van der Waals surface area contributed by atoms with E-state index < -0.39 is 78.2 Å². The number of nitrogens with one attached hydrogen (secondary N) is 1. The summed E-state index contributed by atoms with van der Waals surface area (Å²) < 4.78 is 35.7. The first-order valence-electron chi connectivity index (χ1n) is 15.0. The highest BCUT2D eigenvalue weighted by Crippen LogP contribution is 2.48. The molecule has 1 amide bonds. The Kier molecular flexibility index (Phi) is 9.83. The van der Waals surface area contributed by atoms with Gasteiger partial charge in [-0.3, -0.25) is 14.4 Å². The van der Waals surface area contributed by atoms with E-state index in [9.17, 15) is 24.0 Å². The molecule has 1 saturated heterocycles. The first-order valence-corrected chi connectivity index (χ1v) is 15.0. The number of carbonyl (C=O) groups is 5. The van der Waals surface area contributed by atoms with Crippen LogP contribution in [0.15, 0.2) is 60.7 Å². The van der Waals surface area contributed by atoms with E-state index in [1.54, 1.807) is 60.7 Å². The van der Waals surface area contributed by atoms with Gasteiger partial charge in [-0.2, -0.15) is 0 Å². The Hall–Kier alpha value is -4.29. The predicted octanol–water partition coefficient (Wildman–Crippen LogP) is 3.38. The predicted molar refractivity (Wildman–Crippen MR) is 155 cm³/mol. The fraction of sp³-hybridized carbons (Fsp3) is 0.485. The largest absolute Gasteiger partial charge is 0.454 e. The third-order valence-corrected chi connectivity index (χ3v) is 8.07. The van der Waals surface area contributed by atoms with Crippen molar-refractivity contribution in [2.24, 2.45) is 0 Å². The number of hydrogen-bond donors (Lipinski definition) is 1. The highest BCUT2D eigenvalue weighted by atomic mass is 16.8. The number of amides is 1. The summed E-state index contributed by atoms with van der Waals surface area (Å²) in [6.07, 6.45) is -3.26. The maximum Gasteiger partial charge on any atom is 0.352 e. The van der Waals surface area contributed by atoms with Crippen molar-refractivity contribution in [3.8, 4) is 0 Å². The van der Waals surface area contributed by atoms with Crippen LogP contribution in [0.4, 0.5) is 0 Å². The van der Waals surface area contributed by atoms with Gasteiger partial charge in [-0.05, 0) is 12.8 Å². The van der Waals surface area contributed by atoms with E-state index in [1.165, 1.54) is 20.8 Å². The Balaban J connectivity index is 1.48. The molecule has 12 nitrogen and oxygen atoms in total. The van der Waals surface area contributed by atoms with Gasteiger partial charge in [0, 0.05) is 44.7 Å². The second kappa shape index (κ2) is 13.8. The average molecular weight is 624 g/mol. The molecule has 12 heteroatoms. The van der Waals surface area contributed by atoms with Crippen LogP contribution in [0.2, 0.25) is 0 Å². The number of hydrogen-bond acceptors (Lipinski definition) is 11. The Labute approximate surface area is 260 Å². The molecule has 2 saturated carbocycles. The molecule has 240 valence electrons. The van der Waals surface area contributed by atoms with Crippen molar-refractivity contribution in [3.05, 3.63) is 71.8 Å². The number of rotatable bonds is 9. The zero-order chi connectivity index (χ0) is 32.1. The second-order valence-corrected chi connectivity index (χ2v) is 11.5. The molecular weight excluding hydrogens is 586 g/mol. The molecule has 3 aliphatic rings. The van der Waals surface area contributed by atoms with E-state index >= 15 is 0 Å². The summed E-state index contributed by atoms with van der Waals surface area (Å²) in [5, 5.41) is 2.74. The summed E-state index contributed by atoms with van der Waals surface area (Å²) in [5.41, 5.74) is 0.761. The van der Waals surface area contributed by atoms with Crippen LogP contribution < -0.4 is 5.32 Å². The third kappa shape index (κ3) is 7.34. The molecule has 2 aromatic rings. The van der Waals surface area contributed by atoms with Gasteiger partial charge in [-0.1, -0.05) is 67.1 Å². The smallest absolute Gasteiger partial charge is 0.352 e. The van der Waals surface area contributed by atoms with Crippen molar-refractivity contribution in [2.75, 3.05) is 0 Å². The molecule has 3 fully saturated rings. The molecule has 2 aliphatic carbocycles. The van der Waals surface area contributed by atoms with E-state index in [1.807, 2.05) is 0 Å². The molecule has 2 aromatic carbocycles. The summed E-state index contributed by atoms with van der Waals surface area (Å²) in [7, 11) is 0. The Morgan fingerprint density at radius 2 is 1.11 bits per heavy atom. The number of fused-ring (bicyclic) bond motifs is 1. The average Bonchev–Trinajstić information content (AvgIpc) is 3.48. The van der Waals surface area contributed by atoms with E-state index in [4.69, 9.17) is 28.4 Å². The molecule has 1 unspecified atom stereocenters. The second-order valence-electron chi connectivity index (χ2n) is 11.5. The standard InChI is InChI=1S/C33H37NO11/c1-19(35)34-24-27(42-31(38)25(40-20(2)36)22-13-7-4-8-14-22)29-30(45-33(44-29)17-11-6-12-18-33)28(24)43-32(39)26(41-21(3)37)23-15-9-5-10-16-23/h4-5,7-10,13-16,24-30H,6,11-12,17-18H2,1-3H3,(H,34,35)/t24?,25-,26-,27-,28+,29-,30+/m0/s1. The van der Waals surface area contributed by atoms with Crippen molar-refractivity contribution in [1.82, 2.24) is 5.32 Å². The van der Waals surface area contributed by atoms with E-state index in [-0.39, 0.29) is 0 Å². The van der Waals surface area contributed by atoms with Crippen LogP contribution >= 0.6 is 0 Å². The Morgan fingerprint density at radius 3 is 1.49 bits per heavy atom. The zero-order valence-electron chi connectivity index (χ0n) is 25.3. The van der Waals surface area contributed by atoms with Crippen LogP contribution in [0.5, 0.6) is 0 Å². The fourth-order valence-electron chi connectivity index (χ4n) is 6.25. The van der Waals surface area contributed by atoms with Gasteiger partial charge in [-0.25, -0.2) is 9.59 Å². The van der Waals surface area contributed by atoms with Gasteiger partial charge in [0.05, 0.1) is 0 Å². The zero-order valence-corrected chi connectivity index (χ0v) is 25.3. The molecule has 1 aliphatic heterocycles. The Morgan fingerprint density at radius 1 is 0.689 bits per heavy atom. The van der Waals surface area contributed by atoms with Crippen molar-refractivity contribution in [2.45, 2.75) is 101 Å². The SMILES string of the molecule is CC(=O)NC1[C@@H](OC(=O)[C@@H](OC(C)=O)c2ccccc2)[C@H]2OC3(CCCCC3)O[C@H]2[C@H]1OC(=O)[C@@H](OC(C)=O)c1ccccc1. The molecule has 5 rings (SSSR count). The molecule has 0 radical (unpaired) electrons. The van der Waals surface area contributed by atoms with Gasteiger partial charge in [0.25, 0.3) is 0 Å². The number of ether oxygens (including phenoxy) is 6. The topological polar surface area (TPSA) is 153 Å². The van der Waals surface area contributed by atoms with Crippen LogP contribution in [-0.2, 0) is 52.4 Å². The highest BCUT2D eigenvalue weighted by Gasteiger charge is 2.65. The quantitative estimate of drug-likeness (QED) is 0.323. The van der Waals surface area contributed by atoms with E-state index in [0.717, 1.165) is 19.3 Å². The first-order chi connectivity index (χ1) is 21.6. The molecule has 0 aromatic heterocycles.